The Hall–Kier alpha value is -2.49. The third-order valence-corrected chi connectivity index (χ3v) is 5.52. The number of carbonyl (C=O) groups is 3. The Balaban J connectivity index is 1.82. The molecular weight excluding hydrogens is 416 g/mol. The van der Waals surface area contributed by atoms with Gasteiger partial charge in [-0.05, 0) is 11.0 Å². The van der Waals surface area contributed by atoms with Crippen molar-refractivity contribution in [3.8, 4) is 0 Å². The maximum absolute atomic E-state index is 12.5. The number of benzene rings is 1. The Morgan fingerprint density at radius 2 is 1.72 bits per heavy atom. The van der Waals surface area contributed by atoms with Gasteiger partial charge in [0.05, 0.1) is 26.1 Å². The van der Waals surface area contributed by atoms with E-state index in [9.17, 15) is 24.6 Å². The lowest BCUT2D eigenvalue weighted by Gasteiger charge is -2.23. The first-order valence-electron chi connectivity index (χ1n) is 10.7. The maximum atomic E-state index is 12.5. The smallest absolute Gasteiger partial charge is 0.306 e. The summed E-state index contributed by atoms with van der Waals surface area (Å²) in [6.45, 7) is 3.96. The second kappa shape index (κ2) is 11.4. The van der Waals surface area contributed by atoms with E-state index in [1.54, 1.807) is 20.9 Å². The first-order chi connectivity index (χ1) is 15.0. The maximum Gasteiger partial charge on any atom is 0.306 e. The molecule has 0 bridgehead atoms. The van der Waals surface area contributed by atoms with Crippen LogP contribution < -0.4 is 5.32 Å². The Kier molecular flexibility index (Phi) is 9.18. The molecule has 0 aliphatic carbocycles. The van der Waals surface area contributed by atoms with Crippen molar-refractivity contribution < 1.29 is 34.1 Å². The van der Waals surface area contributed by atoms with Crippen LogP contribution in [0.4, 0.5) is 0 Å². The lowest BCUT2D eigenvalue weighted by atomic mass is 9.85. The van der Waals surface area contributed by atoms with Crippen LogP contribution in [0, 0.1) is 5.41 Å². The zero-order valence-electron chi connectivity index (χ0n) is 19.1. The van der Waals surface area contributed by atoms with Crippen LogP contribution in [0.3, 0.4) is 0 Å². The van der Waals surface area contributed by atoms with Crippen molar-refractivity contribution in [1.29, 1.82) is 0 Å². The molecule has 1 aliphatic rings. The normalized spacial score (nSPS) is 22.9. The largest absolute Gasteiger partial charge is 0.469 e. The topological polar surface area (TPSA) is 125 Å². The van der Waals surface area contributed by atoms with E-state index in [1.165, 1.54) is 12.0 Å². The molecule has 0 unspecified atom stereocenters. The molecule has 0 aromatic heterocycles. The molecule has 1 fully saturated rings. The molecular formula is C23H34N2O7. The molecule has 1 aromatic carbocycles. The molecule has 0 saturated carbocycles. The lowest BCUT2D eigenvalue weighted by molar-refractivity contribution is -0.143. The molecule has 2 rings (SSSR count). The van der Waals surface area contributed by atoms with E-state index in [0.29, 0.717) is 6.54 Å². The van der Waals surface area contributed by atoms with Crippen LogP contribution in [-0.4, -0.2) is 78.0 Å². The zero-order valence-corrected chi connectivity index (χ0v) is 19.1. The molecule has 1 aromatic rings. The highest BCUT2D eigenvalue weighted by Gasteiger charge is 2.43. The average molecular weight is 451 g/mol. The number of nitrogens with one attached hydrogen (secondary N) is 1. The Morgan fingerprint density at radius 3 is 2.34 bits per heavy atom. The molecule has 1 saturated heterocycles. The Bertz CT molecular complexity index is 784. The summed E-state index contributed by atoms with van der Waals surface area (Å²) in [6.07, 6.45) is -4.07. The number of ether oxygens (including phenoxy) is 2. The van der Waals surface area contributed by atoms with Gasteiger partial charge in [0.1, 0.15) is 18.3 Å². The summed E-state index contributed by atoms with van der Waals surface area (Å²) < 4.78 is 10.3. The number of carbonyl (C=O) groups excluding carboxylic acids is 3. The Labute approximate surface area is 188 Å². The van der Waals surface area contributed by atoms with Crippen LogP contribution >= 0.6 is 0 Å². The second-order valence-electron chi connectivity index (χ2n) is 9.03. The van der Waals surface area contributed by atoms with Crippen molar-refractivity contribution in [1.82, 2.24) is 10.2 Å². The van der Waals surface area contributed by atoms with Crippen molar-refractivity contribution >= 4 is 17.8 Å². The summed E-state index contributed by atoms with van der Waals surface area (Å²) in [5.74, 6) is -0.934. The molecule has 3 N–H and O–H groups in total. The summed E-state index contributed by atoms with van der Waals surface area (Å²) in [6, 6.07) is 9.51. The van der Waals surface area contributed by atoms with Crippen molar-refractivity contribution in [2.75, 3.05) is 20.7 Å². The van der Waals surface area contributed by atoms with E-state index in [0.717, 1.165) is 5.56 Å². The van der Waals surface area contributed by atoms with Crippen LogP contribution in [0.1, 0.15) is 38.7 Å². The number of methoxy groups -OCH3 is 1. The number of amides is 2. The highest BCUT2D eigenvalue weighted by molar-refractivity contribution is 5.78. The molecule has 2 amide bonds. The number of aliphatic hydroxyl groups is 2. The zero-order chi connectivity index (χ0) is 23.9. The lowest BCUT2D eigenvalue weighted by Crippen LogP contribution is -2.41. The van der Waals surface area contributed by atoms with E-state index < -0.39 is 35.8 Å². The van der Waals surface area contributed by atoms with Gasteiger partial charge < -0.3 is 29.9 Å². The quantitative estimate of drug-likeness (QED) is 0.446. The predicted octanol–water partition coefficient (Wildman–Crippen LogP) is 0.620. The number of rotatable bonds is 10. The Morgan fingerprint density at radius 1 is 1.09 bits per heavy atom. The standard InChI is InChI=1S/C23H34N2O7/c1-23(2,12-20(28)31-4)11-18(26)24-13-17-22(30)21(29)16(32-17)10-19(27)25(3)14-15-8-6-5-7-9-15/h5-9,16-17,21-22,29-30H,10-14H2,1-4H3,(H,24,26)/t16-,17-,21-,22+/m0/s1. The van der Waals surface area contributed by atoms with Gasteiger partial charge in [-0.3, -0.25) is 14.4 Å². The minimum Gasteiger partial charge on any atom is -0.469 e. The molecule has 4 atom stereocenters. The molecule has 1 aliphatic heterocycles. The molecule has 9 nitrogen and oxygen atoms in total. The predicted molar refractivity (Wildman–Crippen MR) is 116 cm³/mol. The van der Waals surface area contributed by atoms with E-state index in [4.69, 9.17) is 4.74 Å². The number of esters is 1. The van der Waals surface area contributed by atoms with E-state index in [1.807, 2.05) is 30.3 Å². The number of aliphatic hydroxyl groups excluding tert-OH is 2. The summed E-state index contributed by atoms with van der Waals surface area (Å²) >= 11 is 0. The highest BCUT2D eigenvalue weighted by Crippen LogP contribution is 2.26. The second-order valence-corrected chi connectivity index (χ2v) is 9.03. The van der Waals surface area contributed by atoms with E-state index in [2.05, 4.69) is 10.1 Å². The molecule has 178 valence electrons. The summed E-state index contributed by atoms with van der Waals surface area (Å²) in [5.41, 5.74) is 0.386. The van der Waals surface area contributed by atoms with Crippen LogP contribution in [0.5, 0.6) is 0 Å². The summed E-state index contributed by atoms with van der Waals surface area (Å²) in [4.78, 5) is 37.8. The van der Waals surface area contributed by atoms with Gasteiger partial charge in [0, 0.05) is 26.6 Å². The highest BCUT2D eigenvalue weighted by atomic mass is 16.5. The fourth-order valence-electron chi connectivity index (χ4n) is 3.67. The van der Waals surface area contributed by atoms with Crippen molar-refractivity contribution in [2.45, 2.75) is 64.1 Å². The first-order valence-corrected chi connectivity index (χ1v) is 10.7. The molecule has 32 heavy (non-hydrogen) atoms. The molecule has 0 radical (unpaired) electrons. The van der Waals surface area contributed by atoms with Gasteiger partial charge in [0.15, 0.2) is 0 Å². The van der Waals surface area contributed by atoms with E-state index in [-0.39, 0.29) is 37.6 Å². The van der Waals surface area contributed by atoms with Crippen molar-refractivity contribution in [2.24, 2.45) is 5.41 Å². The third kappa shape index (κ3) is 7.58. The molecule has 9 heteroatoms. The third-order valence-electron chi connectivity index (χ3n) is 5.52. The fraction of sp³-hybridized carbons (Fsp3) is 0.609. The number of nitrogens with zero attached hydrogens (tertiary/aromatic N) is 1. The summed E-state index contributed by atoms with van der Waals surface area (Å²) in [5, 5.41) is 23.3. The molecule has 1 heterocycles. The number of hydrogen-bond acceptors (Lipinski definition) is 7. The van der Waals surface area contributed by atoms with Gasteiger partial charge in [0.2, 0.25) is 11.8 Å². The minimum atomic E-state index is -1.23. The van der Waals surface area contributed by atoms with Gasteiger partial charge in [-0.25, -0.2) is 0 Å². The van der Waals surface area contributed by atoms with Gasteiger partial charge in [0.25, 0.3) is 0 Å². The van der Waals surface area contributed by atoms with Crippen LogP contribution in [0.25, 0.3) is 0 Å². The van der Waals surface area contributed by atoms with Crippen molar-refractivity contribution in [3.05, 3.63) is 35.9 Å². The summed E-state index contributed by atoms with van der Waals surface area (Å²) in [7, 11) is 2.96. The first kappa shape index (κ1) is 25.8. The fourth-order valence-corrected chi connectivity index (χ4v) is 3.67. The van der Waals surface area contributed by atoms with Crippen LogP contribution in [-0.2, 0) is 30.4 Å². The van der Waals surface area contributed by atoms with E-state index >= 15 is 0 Å². The van der Waals surface area contributed by atoms with Gasteiger partial charge in [-0.1, -0.05) is 44.2 Å². The van der Waals surface area contributed by atoms with Gasteiger partial charge in [-0.2, -0.15) is 0 Å². The van der Waals surface area contributed by atoms with Gasteiger partial charge in [-0.15, -0.1) is 0 Å². The SMILES string of the molecule is COC(=O)CC(C)(C)CC(=O)NC[C@@H]1O[C@@H](CC(=O)N(C)Cc2ccccc2)[C@H](O)[C@@H]1O. The van der Waals surface area contributed by atoms with Crippen LogP contribution in [0.15, 0.2) is 30.3 Å². The monoisotopic (exact) mass is 450 g/mol. The average Bonchev–Trinajstić information content (AvgIpc) is 2.99. The molecule has 0 spiro atoms. The number of hydrogen-bond donors (Lipinski definition) is 3. The minimum absolute atomic E-state index is 0.0179. The van der Waals surface area contributed by atoms with Crippen LogP contribution in [0.2, 0.25) is 0 Å². The van der Waals surface area contributed by atoms with Crippen molar-refractivity contribution in [3.63, 3.8) is 0 Å². The van der Waals surface area contributed by atoms with Gasteiger partial charge >= 0.3 is 5.97 Å².